The van der Waals surface area contributed by atoms with E-state index in [2.05, 4.69) is 34.7 Å². The van der Waals surface area contributed by atoms with Gasteiger partial charge in [-0.15, -0.1) is 0 Å². The van der Waals surface area contributed by atoms with E-state index in [1.807, 2.05) is 19.2 Å². The van der Waals surface area contributed by atoms with Crippen LogP contribution in [0.2, 0.25) is 0 Å². The summed E-state index contributed by atoms with van der Waals surface area (Å²) < 4.78 is 2.23. The number of carboxylic acid groups (broad SMARTS) is 1. The number of aliphatic carboxylic acids is 1. The van der Waals surface area contributed by atoms with Crippen LogP contribution in [0.25, 0.3) is 10.9 Å². The number of aromatic nitrogens is 1. The molecule has 0 aliphatic rings. The van der Waals surface area contributed by atoms with Gasteiger partial charge < -0.3 is 14.6 Å². The van der Waals surface area contributed by atoms with Crippen molar-refractivity contribution >= 4 is 16.9 Å². The number of aryl methyl sites for hydroxylation is 1. The quantitative estimate of drug-likeness (QED) is 0.868. The average Bonchev–Trinajstić information content (AvgIpc) is 2.75. The van der Waals surface area contributed by atoms with Gasteiger partial charge in [0.2, 0.25) is 0 Å². The summed E-state index contributed by atoms with van der Waals surface area (Å²) in [5.74, 6) is -0.747. The van der Waals surface area contributed by atoms with E-state index in [1.165, 1.54) is 16.5 Å². The van der Waals surface area contributed by atoms with Crippen LogP contribution in [0.1, 0.15) is 18.9 Å². The third kappa shape index (κ3) is 3.15. The number of nitrogens with zero attached hydrogens (tertiary/aromatic N) is 2. The summed E-state index contributed by atoms with van der Waals surface area (Å²) in [4.78, 5) is 12.6. The van der Waals surface area contributed by atoms with Gasteiger partial charge in [-0.25, -0.2) is 0 Å². The molecule has 4 heteroatoms. The van der Waals surface area contributed by atoms with E-state index in [9.17, 15) is 4.79 Å². The predicted molar refractivity (Wildman–Crippen MR) is 76.2 cm³/mol. The summed E-state index contributed by atoms with van der Waals surface area (Å²) in [5, 5.41) is 9.97. The third-order valence-corrected chi connectivity index (χ3v) is 3.36. The molecule has 0 saturated carbocycles. The molecule has 0 atom stereocenters. The first-order valence-electron chi connectivity index (χ1n) is 6.59. The molecule has 0 radical (unpaired) electrons. The van der Waals surface area contributed by atoms with Crippen molar-refractivity contribution in [2.24, 2.45) is 0 Å². The largest absolute Gasteiger partial charge is 0.481 e. The number of rotatable bonds is 6. The molecule has 2 aromatic rings. The van der Waals surface area contributed by atoms with E-state index in [-0.39, 0.29) is 6.42 Å². The predicted octanol–water partition coefficient (Wildman–Crippen LogP) is 2.57. The molecule has 1 heterocycles. The lowest BCUT2D eigenvalue weighted by atomic mass is 10.1. The van der Waals surface area contributed by atoms with Crippen LogP contribution in [0.4, 0.5) is 0 Å². The van der Waals surface area contributed by atoms with Crippen molar-refractivity contribution in [1.29, 1.82) is 0 Å². The van der Waals surface area contributed by atoms with Crippen molar-refractivity contribution in [3.05, 3.63) is 36.0 Å². The number of hydrogen-bond acceptors (Lipinski definition) is 2. The van der Waals surface area contributed by atoms with Gasteiger partial charge in [-0.05, 0) is 25.6 Å². The maximum atomic E-state index is 10.6. The minimum atomic E-state index is -0.747. The molecule has 1 N–H and O–H groups in total. The molecular weight excluding hydrogens is 240 g/mol. The molecular formula is C15H20N2O2. The molecule has 0 bridgehead atoms. The molecule has 19 heavy (non-hydrogen) atoms. The van der Waals surface area contributed by atoms with Gasteiger partial charge in [0, 0.05) is 36.7 Å². The molecule has 0 aliphatic heterocycles. The van der Waals surface area contributed by atoms with Crippen molar-refractivity contribution in [2.75, 3.05) is 13.6 Å². The third-order valence-electron chi connectivity index (χ3n) is 3.36. The standard InChI is InChI=1S/C15H20N2O2/c1-3-17-11-12(10-16(2)9-8-15(18)19)13-6-4-5-7-14(13)17/h4-7,11H,3,8-10H2,1-2H3,(H,18,19). The van der Waals surface area contributed by atoms with E-state index >= 15 is 0 Å². The number of carbonyl (C=O) groups is 1. The van der Waals surface area contributed by atoms with Gasteiger partial charge in [0.15, 0.2) is 0 Å². The van der Waals surface area contributed by atoms with Crippen LogP contribution in [0.5, 0.6) is 0 Å². The van der Waals surface area contributed by atoms with Gasteiger partial charge in [0.1, 0.15) is 0 Å². The fourth-order valence-corrected chi connectivity index (χ4v) is 2.37. The van der Waals surface area contributed by atoms with Gasteiger partial charge in [0.25, 0.3) is 0 Å². The SMILES string of the molecule is CCn1cc(CN(C)CCC(=O)O)c2ccccc21. The second-order valence-electron chi connectivity index (χ2n) is 4.84. The number of hydrogen-bond donors (Lipinski definition) is 1. The zero-order chi connectivity index (χ0) is 13.8. The van der Waals surface area contributed by atoms with Crippen molar-refractivity contribution in [3.63, 3.8) is 0 Å². The van der Waals surface area contributed by atoms with Crippen molar-refractivity contribution < 1.29 is 9.90 Å². The lowest BCUT2D eigenvalue weighted by molar-refractivity contribution is -0.137. The average molecular weight is 260 g/mol. The van der Waals surface area contributed by atoms with Crippen molar-refractivity contribution in [3.8, 4) is 0 Å². The molecule has 4 nitrogen and oxygen atoms in total. The fraction of sp³-hybridized carbons (Fsp3) is 0.400. The van der Waals surface area contributed by atoms with Crippen LogP contribution in [0, 0.1) is 0 Å². The van der Waals surface area contributed by atoms with E-state index in [0.717, 1.165) is 13.1 Å². The summed E-state index contributed by atoms with van der Waals surface area (Å²) in [5.41, 5.74) is 2.50. The number of fused-ring (bicyclic) bond motifs is 1. The molecule has 102 valence electrons. The Balaban J connectivity index is 2.18. The molecule has 0 amide bonds. The van der Waals surface area contributed by atoms with Crippen LogP contribution in [-0.2, 0) is 17.9 Å². The van der Waals surface area contributed by atoms with E-state index in [0.29, 0.717) is 6.54 Å². The summed E-state index contributed by atoms with van der Waals surface area (Å²) in [6, 6.07) is 8.34. The Morgan fingerprint density at radius 3 is 2.79 bits per heavy atom. The maximum Gasteiger partial charge on any atom is 0.304 e. The Morgan fingerprint density at radius 1 is 1.37 bits per heavy atom. The van der Waals surface area contributed by atoms with Crippen LogP contribution in [0.15, 0.2) is 30.5 Å². The van der Waals surface area contributed by atoms with Gasteiger partial charge in [-0.2, -0.15) is 0 Å². The highest BCUT2D eigenvalue weighted by Gasteiger charge is 2.10. The highest BCUT2D eigenvalue weighted by atomic mass is 16.4. The number of benzene rings is 1. The van der Waals surface area contributed by atoms with Crippen LogP contribution in [0.3, 0.4) is 0 Å². The normalized spacial score (nSPS) is 11.3. The van der Waals surface area contributed by atoms with E-state index in [4.69, 9.17) is 5.11 Å². The lowest BCUT2D eigenvalue weighted by Crippen LogP contribution is -2.21. The number of carboxylic acids is 1. The van der Waals surface area contributed by atoms with Crippen molar-refractivity contribution in [1.82, 2.24) is 9.47 Å². The lowest BCUT2D eigenvalue weighted by Gasteiger charge is -2.14. The number of para-hydroxylation sites is 1. The highest BCUT2D eigenvalue weighted by molar-refractivity contribution is 5.83. The Bertz CT molecular complexity index is 575. The smallest absolute Gasteiger partial charge is 0.304 e. The first-order valence-corrected chi connectivity index (χ1v) is 6.59. The maximum absolute atomic E-state index is 10.6. The van der Waals surface area contributed by atoms with Gasteiger partial charge in [0.05, 0.1) is 6.42 Å². The topological polar surface area (TPSA) is 45.5 Å². The van der Waals surface area contributed by atoms with Crippen molar-refractivity contribution in [2.45, 2.75) is 26.4 Å². The molecule has 0 spiro atoms. The molecule has 0 unspecified atom stereocenters. The zero-order valence-electron chi connectivity index (χ0n) is 11.5. The van der Waals surface area contributed by atoms with Gasteiger partial charge in [-0.1, -0.05) is 18.2 Å². The Kier molecular flexibility index (Phi) is 4.22. The Morgan fingerprint density at radius 2 is 2.11 bits per heavy atom. The summed E-state index contributed by atoms with van der Waals surface area (Å²) in [7, 11) is 1.96. The van der Waals surface area contributed by atoms with Gasteiger partial charge >= 0.3 is 5.97 Å². The molecule has 0 aliphatic carbocycles. The molecule has 0 saturated heterocycles. The first-order chi connectivity index (χ1) is 9.11. The van der Waals surface area contributed by atoms with E-state index < -0.39 is 5.97 Å². The zero-order valence-corrected chi connectivity index (χ0v) is 11.5. The second-order valence-corrected chi connectivity index (χ2v) is 4.84. The van der Waals surface area contributed by atoms with Gasteiger partial charge in [-0.3, -0.25) is 4.79 Å². The summed E-state index contributed by atoms with van der Waals surface area (Å²) >= 11 is 0. The summed E-state index contributed by atoms with van der Waals surface area (Å²) in [6.07, 6.45) is 2.35. The highest BCUT2D eigenvalue weighted by Crippen LogP contribution is 2.22. The molecule has 2 rings (SSSR count). The minimum absolute atomic E-state index is 0.183. The molecule has 1 aromatic heterocycles. The van der Waals surface area contributed by atoms with E-state index in [1.54, 1.807) is 0 Å². The molecule has 1 aromatic carbocycles. The summed E-state index contributed by atoms with van der Waals surface area (Å²) in [6.45, 7) is 4.42. The van der Waals surface area contributed by atoms with Crippen LogP contribution in [-0.4, -0.2) is 34.1 Å². The minimum Gasteiger partial charge on any atom is -0.481 e. The van der Waals surface area contributed by atoms with Crippen LogP contribution >= 0.6 is 0 Å². The fourth-order valence-electron chi connectivity index (χ4n) is 2.37. The molecule has 0 fully saturated rings. The Labute approximate surface area is 113 Å². The second kappa shape index (κ2) is 5.89. The van der Waals surface area contributed by atoms with Crippen LogP contribution < -0.4 is 0 Å². The first kappa shape index (κ1) is 13.6. The monoisotopic (exact) mass is 260 g/mol. The Hall–Kier alpha value is -1.81.